The zero-order valence-electron chi connectivity index (χ0n) is 11.4. The van der Waals surface area contributed by atoms with Crippen LogP contribution in [0.2, 0.25) is 5.02 Å². The second-order valence-corrected chi connectivity index (χ2v) is 6.07. The van der Waals surface area contributed by atoms with Gasteiger partial charge in [-0.05, 0) is 41.8 Å². The summed E-state index contributed by atoms with van der Waals surface area (Å²) in [5.74, 6) is -0.321. The summed E-state index contributed by atoms with van der Waals surface area (Å²) in [7, 11) is 0. The van der Waals surface area contributed by atoms with Crippen LogP contribution in [0, 0.1) is 5.82 Å². The maximum absolute atomic E-state index is 13.5. The van der Waals surface area contributed by atoms with Crippen LogP contribution in [0.15, 0.2) is 35.7 Å². The Balaban J connectivity index is 2.24. The number of nitrogens with zero attached hydrogens (tertiary/aromatic N) is 1. The predicted octanol–water partition coefficient (Wildman–Crippen LogP) is 4.06. The molecule has 0 aliphatic carbocycles. The molecule has 0 saturated carbocycles. The third-order valence-corrected chi connectivity index (χ3v) is 4.36. The molecule has 0 spiro atoms. The van der Waals surface area contributed by atoms with E-state index in [1.807, 2.05) is 6.07 Å². The first-order valence-corrected chi connectivity index (χ1v) is 7.82. The zero-order valence-corrected chi connectivity index (χ0v) is 12.9. The highest BCUT2D eigenvalue weighted by atomic mass is 35.5. The third-order valence-electron chi connectivity index (χ3n) is 3.28. The monoisotopic (exact) mass is 312 g/mol. The van der Waals surface area contributed by atoms with E-state index in [4.69, 9.17) is 17.3 Å². The normalized spacial score (nSPS) is 12.8. The van der Waals surface area contributed by atoms with E-state index in [2.05, 4.69) is 23.3 Å². The lowest BCUT2D eigenvalue weighted by Crippen LogP contribution is -2.33. The molecular weight excluding hydrogens is 295 g/mol. The number of rotatable bonds is 6. The minimum atomic E-state index is -0.321. The molecule has 0 amide bonds. The first-order valence-electron chi connectivity index (χ1n) is 6.56. The summed E-state index contributed by atoms with van der Waals surface area (Å²) in [6, 6.07) is 8.72. The highest BCUT2D eigenvalue weighted by molar-refractivity contribution is 7.09. The summed E-state index contributed by atoms with van der Waals surface area (Å²) in [6.07, 6.45) is 0. The molecule has 2 aromatic rings. The van der Waals surface area contributed by atoms with Gasteiger partial charge in [0.2, 0.25) is 0 Å². The van der Waals surface area contributed by atoms with E-state index in [1.165, 1.54) is 17.0 Å². The standard InChI is InChI=1S/C15H18ClFN2S/c1-2-19(10-14-4-3-5-20-14)15(9-18)11-6-12(16)8-13(17)7-11/h3-8,15H,2,9-10,18H2,1H3. The van der Waals surface area contributed by atoms with E-state index >= 15 is 0 Å². The fourth-order valence-corrected chi connectivity index (χ4v) is 3.27. The van der Waals surface area contributed by atoms with Gasteiger partial charge in [-0.25, -0.2) is 4.39 Å². The van der Waals surface area contributed by atoms with Crippen LogP contribution in [-0.2, 0) is 6.54 Å². The number of benzene rings is 1. The zero-order chi connectivity index (χ0) is 14.5. The molecule has 1 heterocycles. The highest BCUT2D eigenvalue weighted by Gasteiger charge is 2.19. The van der Waals surface area contributed by atoms with Gasteiger partial charge in [0.05, 0.1) is 0 Å². The molecule has 2 nitrogen and oxygen atoms in total. The predicted molar refractivity (Wildman–Crippen MR) is 83.6 cm³/mol. The van der Waals surface area contributed by atoms with Crippen LogP contribution in [0.25, 0.3) is 0 Å². The first-order chi connectivity index (χ1) is 9.63. The lowest BCUT2D eigenvalue weighted by molar-refractivity contribution is 0.205. The number of hydrogen-bond acceptors (Lipinski definition) is 3. The van der Waals surface area contributed by atoms with Gasteiger partial charge < -0.3 is 5.73 Å². The third kappa shape index (κ3) is 3.79. The van der Waals surface area contributed by atoms with Gasteiger partial charge in [0.1, 0.15) is 5.82 Å². The van der Waals surface area contributed by atoms with Crippen molar-refractivity contribution in [2.75, 3.05) is 13.1 Å². The van der Waals surface area contributed by atoms with Crippen molar-refractivity contribution in [1.82, 2.24) is 4.90 Å². The lowest BCUT2D eigenvalue weighted by atomic mass is 10.0. The molecule has 1 aromatic heterocycles. The molecule has 0 radical (unpaired) electrons. The molecule has 0 bridgehead atoms. The summed E-state index contributed by atoms with van der Waals surface area (Å²) < 4.78 is 13.5. The van der Waals surface area contributed by atoms with Crippen molar-refractivity contribution in [1.29, 1.82) is 0 Å². The van der Waals surface area contributed by atoms with Gasteiger partial charge in [-0.3, -0.25) is 4.90 Å². The second kappa shape index (κ2) is 7.18. The van der Waals surface area contributed by atoms with Gasteiger partial charge in [0.25, 0.3) is 0 Å². The molecule has 108 valence electrons. The Morgan fingerprint density at radius 2 is 2.20 bits per heavy atom. The van der Waals surface area contributed by atoms with Gasteiger partial charge in [0, 0.05) is 29.0 Å². The maximum Gasteiger partial charge on any atom is 0.125 e. The number of halogens is 2. The molecule has 20 heavy (non-hydrogen) atoms. The van der Waals surface area contributed by atoms with Crippen LogP contribution in [0.5, 0.6) is 0 Å². The van der Waals surface area contributed by atoms with E-state index in [0.717, 1.165) is 18.7 Å². The fraction of sp³-hybridized carbons (Fsp3) is 0.333. The smallest absolute Gasteiger partial charge is 0.125 e. The summed E-state index contributed by atoms with van der Waals surface area (Å²) in [5.41, 5.74) is 6.74. The Morgan fingerprint density at radius 3 is 2.75 bits per heavy atom. The molecule has 1 atom stereocenters. The van der Waals surface area contributed by atoms with Gasteiger partial charge in [0.15, 0.2) is 0 Å². The minimum absolute atomic E-state index is 0.0321. The van der Waals surface area contributed by atoms with Crippen LogP contribution in [0.4, 0.5) is 4.39 Å². The van der Waals surface area contributed by atoms with Gasteiger partial charge in [-0.1, -0.05) is 24.6 Å². The molecule has 2 rings (SSSR count). The van der Waals surface area contributed by atoms with Crippen molar-refractivity contribution in [3.63, 3.8) is 0 Å². The molecular formula is C15H18ClFN2S. The van der Waals surface area contributed by atoms with Crippen molar-refractivity contribution >= 4 is 22.9 Å². The Labute approximate surface area is 128 Å². The van der Waals surface area contributed by atoms with Crippen molar-refractivity contribution in [2.24, 2.45) is 5.73 Å². The van der Waals surface area contributed by atoms with Gasteiger partial charge in [-0.15, -0.1) is 11.3 Å². The Kier molecular flexibility index (Phi) is 5.54. The number of hydrogen-bond donors (Lipinski definition) is 1. The Hall–Kier alpha value is -0.940. The summed E-state index contributed by atoms with van der Waals surface area (Å²) >= 11 is 7.66. The number of thiophene rings is 1. The minimum Gasteiger partial charge on any atom is -0.329 e. The van der Waals surface area contributed by atoms with Crippen LogP contribution >= 0.6 is 22.9 Å². The van der Waals surface area contributed by atoms with E-state index < -0.39 is 0 Å². The molecule has 0 aliphatic heterocycles. The van der Waals surface area contributed by atoms with Crippen LogP contribution < -0.4 is 5.73 Å². The van der Waals surface area contributed by atoms with E-state index in [9.17, 15) is 4.39 Å². The molecule has 2 N–H and O–H groups in total. The van der Waals surface area contributed by atoms with Crippen LogP contribution in [0.3, 0.4) is 0 Å². The summed E-state index contributed by atoms with van der Waals surface area (Å²) in [4.78, 5) is 3.50. The molecule has 0 fully saturated rings. The Bertz CT molecular complexity index is 525. The average molecular weight is 313 g/mol. The van der Waals surface area contributed by atoms with Crippen LogP contribution in [-0.4, -0.2) is 18.0 Å². The van der Waals surface area contributed by atoms with Gasteiger partial charge in [-0.2, -0.15) is 0 Å². The van der Waals surface area contributed by atoms with Gasteiger partial charge >= 0.3 is 0 Å². The first kappa shape index (κ1) is 15.4. The average Bonchev–Trinajstić information content (AvgIpc) is 2.90. The summed E-state index contributed by atoms with van der Waals surface area (Å²) in [6.45, 7) is 4.16. The number of likely N-dealkylation sites (N-methyl/N-ethyl adjacent to an activating group) is 1. The van der Waals surface area contributed by atoms with Crippen LogP contribution in [0.1, 0.15) is 23.4 Å². The SMILES string of the molecule is CCN(Cc1cccs1)C(CN)c1cc(F)cc(Cl)c1. The maximum atomic E-state index is 13.5. The molecule has 1 aromatic carbocycles. The summed E-state index contributed by atoms with van der Waals surface area (Å²) in [5, 5.41) is 2.46. The molecule has 5 heteroatoms. The second-order valence-electron chi connectivity index (χ2n) is 4.60. The van der Waals surface area contributed by atoms with Crippen molar-refractivity contribution < 1.29 is 4.39 Å². The van der Waals surface area contributed by atoms with Crippen molar-refractivity contribution in [3.05, 3.63) is 57.0 Å². The van der Waals surface area contributed by atoms with E-state index in [1.54, 1.807) is 17.4 Å². The number of nitrogens with two attached hydrogens (primary N) is 1. The Morgan fingerprint density at radius 1 is 1.40 bits per heavy atom. The molecule has 0 aliphatic rings. The van der Waals surface area contributed by atoms with Crippen molar-refractivity contribution in [2.45, 2.75) is 19.5 Å². The quantitative estimate of drug-likeness (QED) is 0.871. The molecule has 1 unspecified atom stereocenters. The van der Waals surface area contributed by atoms with E-state index in [-0.39, 0.29) is 11.9 Å². The topological polar surface area (TPSA) is 29.3 Å². The largest absolute Gasteiger partial charge is 0.329 e. The van der Waals surface area contributed by atoms with E-state index in [0.29, 0.717) is 11.6 Å². The van der Waals surface area contributed by atoms with Crippen molar-refractivity contribution in [3.8, 4) is 0 Å². The molecule has 0 saturated heterocycles. The highest BCUT2D eigenvalue weighted by Crippen LogP contribution is 2.26. The fourth-order valence-electron chi connectivity index (χ4n) is 2.31. The lowest BCUT2D eigenvalue weighted by Gasteiger charge is -2.30.